The molecule has 0 aromatic rings. The van der Waals surface area contributed by atoms with E-state index in [9.17, 15) is 4.79 Å². The van der Waals surface area contributed by atoms with E-state index >= 15 is 0 Å². The van der Waals surface area contributed by atoms with Gasteiger partial charge in [0, 0.05) is 37.2 Å². The topological polar surface area (TPSA) is 23.6 Å². The van der Waals surface area contributed by atoms with E-state index < -0.39 is 0 Å². The predicted molar refractivity (Wildman–Crippen MR) is 78.0 cm³/mol. The van der Waals surface area contributed by atoms with Crippen molar-refractivity contribution in [2.75, 3.05) is 31.9 Å². The SMILES string of the molecule is CC(C)(C)CN1CCN(CC(C)(C)C2CS2)C1=O. The summed E-state index contributed by atoms with van der Waals surface area (Å²) in [6.45, 7) is 14.7. The average Bonchev–Trinajstić information content (AvgIpc) is 2.99. The third-order valence-corrected chi connectivity index (χ3v) is 4.95. The molecule has 2 amide bonds. The Labute approximate surface area is 115 Å². The van der Waals surface area contributed by atoms with Crippen molar-refractivity contribution in [3.63, 3.8) is 0 Å². The number of amides is 2. The van der Waals surface area contributed by atoms with Gasteiger partial charge in [-0.05, 0) is 10.8 Å². The Morgan fingerprint density at radius 3 is 2.06 bits per heavy atom. The van der Waals surface area contributed by atoms with Gasteiger partial charge >= 0.3 is 6.03 Å². The van der Waals surface area contributed by atoms with E-state index in [0.29, 0.717) is 0 Å². The van der Waals surface area contributed by atoms with Gasteiger partial charge in [-0.1, -0.05) is 34.6 Å². The molecular formula is C14H26N2OS. The average molecular weight is 270 g/mol. The molecule has 0 spiro atoms. The van der Waals surface area contributed by atoms with E-state index in [4.69, 9.17) is 0 Å². The summed E-state index contributed by atoms with van der Waals surface area (Å²) < 4.78 is 0. The van der Waals surface area contributed by atoms with Crippen LogP contribution >= 0.6 is 11.8 Å². The summed E-state index contributed by atoms with van der Waals surface area (Å²) in [7, 11) is 0. The van der Waals surface area contributed by atoms with Crippen molar-refractivity contribution < 1.29 is 4.79 Å². The number of hydrogen-bond acceptors (Lipinski definition) is 2. The molecule has 0 aromatic carbocycles. The lowest BCUT2D eigenvalue weighted by Crippen LogP contribution is -2.41. The zero-order valence-corrected chi connectivity index (χ0v) is 13.1. The van der Waals surface area contributed by atoms with Gasteiger partial charge in [0.25, 0.3) is 0 Å². The monoisotopic (exact) mass is 270 g/mol. The Morgan fingerprint density at radius 2 is 1.61 bits per heavy atom. The molecule has 0 radical (unpaired) electrons. The van der Waals surface area contributed by atoms with Gasteiger partial charge < -0.3 is 9.80 Å². The van der Waals surface area contributed by atoms with Crippen LogP contribution in [-0.2, 0) is 0 Å². The number of thioether (sulfide) groups is 1. The molecule has 2 fully saturated rings. The zero-order chi connectivity index (χ0) is 13.6. The van der Waals surface area contributed by atoms with Gasteiger partial charge in [0.2, 0.25) is 0 Å². The fourth-order valence-corrected chi connectivity index (χ4v) is 3.66. The number of rotatable bonds is 4. The molecule has 1 atom stereocenters. The minimum absolute atomic E-state index is 0.188. The summed E-state index contributed by atoms with van der Waals surface area (Å²) in [4.78, 5) is 16.4. The van der Waals surface area contributed by atoms with Crippen molar-refractivity contribution in [1.82, 2.24) is 9.80 Å². The van der Waals surface area contributed by atoms with Crippen LogP contribution in [0.1, 0.15) is 34.6 Å². The van der Waals surface area contributed by atoms with E-state index in [1.165, 1.54) is 5.75 Å². The number of urea groups is 1. The number of carbonyl (C=O) groups is 1. The van der Waals surface area contributed by atoms with Gasteiger partial charge in [0.1, 0.15) is 0 Å². The molecule has 2 saturated heterocycles. The lowest BCUT2D eigenvalue weighted by atomic mass is 9.89. The Morgan fingerprint density at radius 1 is 1.11 bits per heavy atom. The molecule has 2 heterocycles. The summed E-state index contributed by atoms with van der Waals surface area (Å²) in [6.07, 6.45) is 0. The molecule has 4 heteroatoms. The Bertz CT molecular complexity index is 331. The first kappa shape index (κ1) is 14.0. The second kappa shape index (κ2) is 4.62. The third kappa shape index (κ3) is 3.34. The first-order valence-electron chi connectivity index (χ1n) is 6.84. The van der Waals surface area contributed by atoms with Crippen LogP contribution in [0.3, 0.4) is 0 Å². The highest BCUT2D eigenvalue weighted by atomic mass is 32.2. The number of hydrogen-bond donors (Lipinski definition) is 0. The summed E-state index contributed by atoms with van der Waals surface area (Å²) in [5.41, 5.74) is 0.450. The van der Waals surface area contributed by atoms with Gasteiger partial charge in [-0.2, -0.15) is 11.8 Å². The molecule has 0 aliphatic carbocycles. The highest BCUT2D eigenvalue weighted by molar-refractivity contribution is 8.06. The van der Waals surface area contributed by atoms with Gasteiger partial charge in [-0.3, -0.25) is 0 Å². The predicted octanol–water partition coefficient (Wildman–Crippen LogP) is 2.91. The largest absolute Gasteiger partial charge is 0.322 e. The Hall–Kier alpha value is -0.380. The lowest BCUT2D eigenvalue weighted by molar-refractivity contribution is 0.162. The van der Waals surface area contributed by atoms with E-state index in [1.807, 2.05) is 21.6 Å². The standard InChI is InChI=1S/C14H26N2OS/c1-13(2,3)9-15-6-7-16(12(15)17)10-14(4,5)11-8-18-11/h11H,6-10H2,1-5H3. The highest BCUT2D eigenvalue weighted by Crippen LogP contribution is 2.45. The molecule has 2 rings (SSSR count). The maximum absolute atomic E-state index is 12.3. The van der Waals surface area contributed by atoms with Gasteiger partial charge in [-0.15, -0.1) is 0 Å². The maximum Gasteiger partial charge on any atom is 0.320 e. The highest BCUT2D eigenvalue weighted by Gasteiger charge is 2.42. The summed E-state index contributed by atoms with van der Waals surface area (Å²) in [5, 5.41) is 0.752. The van der Waals surface area contributed by atoms with E-state index in [0.717, 1.165) is 31.4 Å². The van der Waals surface area contributed by atoms with Gasteiger partial charge in [-0.25, -0.2) is 4.79 Å². The summed E-state index contributed by atoms with van der Waals surface area (Å²) >= 11 is 2.02. The van der Waals surface area contributed by atoms with Crippen molar-refractivity contribution in [3.8, 4) is 0 Å². The van der Waals surface area contributed by atoms with E-state index in [2.05, 4.69) is 34.6 Å². The normalized spacial score (nSPS) is 24.9. The van der Waals surface area contributed by atoms with Crippen LogP contribution in [0.25, 0.3) is 0 Å². The van der Waals surface area contributed by atoms with Crippen LogP contribution in [-0.4, -0.2) is 53.0 Å². The van der Waals surface area contributed by atoms with Crippen molar-refractivity contribution in [3.05, 3.63) is 0 Å². The van der Waals surface area contributed by atoms with Crippen LogP contribution in [0.4, 0.5) is 4.79 Å². The first-order chi connectivity index (χ1) is 8.19. The van der Waals surface area contributed by atoms with Crippen LogP contribution in [0.2, 0.25) is 0 Å². The molecule has 0 saturated carbocycles. The summed E-state index contributed by atoms with van der Waals surface area (Å²) in [5.74, 6) is 1.26. The smallest absolute Gasteiger partial charge is 0.320 e. The van der Waals surface area contributed by atoms with E-state index in [-0.39, 0.29) is 16.9 Å². The van der Waals surface area contributed by atoms with Crippen LogP contribution in [0.5, 0.6) is 0 Å². The Kier molecular flexibility index (Phi) is 3.60. The molecule has 18 heavy (non-hydrogen) atoms. The van der Waals surface area contributed by atoms with Crippen LogP contribution in [0, 0.1) is 10.8 Å². The van der Waals surface area contributed by atoms with Crippen molar-refractivity contribution in [2.45, 2.75) is 39.9 Å². The quantitative estimate of drug-likeness (QED) is 0.733. The van der Waals surface area contributed by atoms with Gasteiger partial charge in [0.15, 0.2) is 0 Å². The molecule has 0 bridgehead atoms. The van der Waals surface area contributed by atoms with Gasteiger partial charge in [0.05, 0.1) is 0 Å². The lowest BCUT2D eigenvalue weighted by Gasteiger charge is -2.30. The number of carbonyl (C=O) groups excluding carboxylic acids is 1. The molecule has 2 aliphatic rings. The second-order valence-electron chi connectivity index (χ2n) is 7.50. The van der Waals surface area contributed by atoms with Crippen molar-refractivity contribution in [2.24, 2.45) is 10.8 Å². The Balaban J connectivity index is 1.91. The first-order valence-corrected chi connectivity index (χ1v) is 7.89. The fourth-order valence-electron chi connectivity index (χ4n) is 2.59. The minimum Gasteiger partial charge on any atom is -0.322 e. The number of nitrogens with zero attached hydrogens (tertiary/aromatic N) is 2. The van der Waals surface area contributed by atoms with Crippen LogP contribution in [0.15, 0.2) is 0 Å². The summed E-state index contributed by atoms with van der Waals surface area (Å²) in [6, 6.07) is 0.239. The molecular weight excluding hydrogens is 244 g/mol. The fraction of sp³-hybridized carbons (Fsp3) is 0.929. The maximum atomic E-state index is 12.3. The second-order valence-corrected chi connectivity index (χ2v) is 8.73. The molecule has 1 unspecified atom stereocenters. The van der Waals surface area contributed by atoms with Crippen molar-refractivity contribution >= 4 is 17.8 Å². The van der Waals surface area contributed by atoms with Crippen LogP contribution < -0.4 is 0 Å². The zero-order valence-electron chi connectivity index (χ0n) is 12.3. The molecule has 3 nitrogen and oxygen atoms in total. The van der Waals surface area contributed by atoms with E-state index in [1.54, 1.807) is 0 Å². The molecule has 0 aromatic heterocycles. The minimum atomic E-state index is 0.188. The third-order valence-electron chi connectivity index (χ3n) is 3.65. The molecule has 0 N–H and O–H groups in total. The molecule has 2 aliphatic heterocycles. The van der Waals surface area contributed by atoms with Crippen molar-refractivity contribution in [1.29, 1.82) is 0 Å². The molecule has 104 valence electrons.